The van der Waals surface area contributed by atoms with Crippen molar-refractivity contribution in [2.24, 2.45) is 0 Å². The third-order valence-corrected chi connectivity index (χ3v) is 6.19. The fraction of sp³-hybridized carbons (Fsp3) is 0.550. The van der Waals surface area contributed by atoms with Gasteiger partial charge in [-0.2, -0.15) is 0 Å². The third kappa shape index (κ3) is 4.92. The quantitative estimate of drug-likeness (QED) is 0.188. The highest BCUT2D eigenvalue weighted by Crippen LogP contribution is 2.29. The molecule has 3 rings (SSSR count). The van der Waals surface area contributed by atoms with E-state index in [9.17, 15) is 24.0 Å². The van der Waals surface area contributed by atoms with Gasteiger partial charge in [-0.05, 0) is 39.0 Å². The molecule has 0 atom stereocenters. The fourth-order valence-corrected chi connectivity index (χ4v) is 4.54. The monoisotopic (exact) mass is 435 g/mol. The molecule has 5 amide bonds. The Labute approximate surface area is 179 Å². The largest absolute Gasteiger partial charge is 0.463 e. The van der Waals surface area contributed by atoms with Crippen LogP contribution in [-0.2, 0) is 23.9 Å². The molecular weight excluding hydrogens is 410 g/mol. The number of hydrogen-bond acceptors (Lipinski definition) is 7. The molecule has 1 aliphatic carbocycles. The zero-order valence-corrected chi connectivity index (χ0v) is 17.7. The Morgan fingerprint density at radius 2 is 1.77 bits per heavy atom. The minimum absolute atomic E-state index is 0.0147. The number of ether oxygens (including phenoxy) is 1. The van der Waals surface area contributed by atoms with Crippen molar-refractivity contribution in [2.75, 3.05) is 32.0 Å². The van der Waals surface area contributed by atoms with Crippen LogP contribution < -0.4 is 0 Å². The predicted octanol–water partition coefficient (Wildman–Crippen LogP) is 1.65. The van der Waals surface area contributed by atoms with Crippen molar-refractivity contribution in [3.8, 4) is 0 Å². The van der Waals surface area contributed by atoms with Crippen LogP contribution in [0.3, 0.4) is 0 Å². The number of rotatable bonds is 8. The number of amides is 5. The average Bonchev–Trinajstić information content (AvgIpc) is 3.17. The molecule has 0 saturated carbocycles. The van der Waals surface area contributed by atoms with Gasteiger partial charge in [0.25, 0.3) is 0 Å². The van der Waals surface area contributed by atoms with Gasteiger partial charge in [-0.25, -0.2) is 9.59 Å². The van der Waals surface area contributed by atoms with E-state index in [1.165, 1.54) is 28.3 Å². The molecule has 0 N–H and O–H groups in total. The van der Waals surface area contributed by atoms with Crippen LogP contribution in [0.25, 0.3) is 0 Å². The zero-order chi connectivity index (χ0) is 21.7. The molecular formula is C20H25N3O6S. The molecule has 9 nitrogen and oxygen atoms in total. The molecule has 0 aromatic rings. The summed E-state index contributed by atoms with van der Waals surface area (Å²) in [6.45, 7) is 1.97. The van der Waals surface area contributed by atoms with Gasteiger partial charge in [-0.1, -0.05) is 23.4 Å². The first-order valence-electron chi connectivity index (χ1n) is 10.1. The number of esters is 1. The summed E-state index contributed by atoms with van der Waals surface area (Å²) in [5, 5.41) is 0.407. The Bertz CT molecular complexity index is 821. The van der Waals surface area contributed by atoms with Crippen LogP contribution >= 0.6 is 11.8 Å². The van der Waals surface area contributed by atoms with E-state index in [-0.39, 0.29) is 37.9 Å². The molecule has 0 unspecified atom stereocenters. The van der Waals surface area contributed by atoms with E-state index < -0.39 is 23.8 Å². The summed E-state index contributed by atoms with van der Waals surface area (Å²) in [6.07, 6.45) is 8.15. The Morgan fingerprint density at radius 1 is 1.07 bits per heavy atom. The molecule has 0 bridgehead atoms. The Morgan fingerprint density at radius 3 is 2.43 bits per heavy atom. The van der Waals surface area contributed by atoms with Crippen molar-refractivity contribution >= 4 is 41.5 Å². The Hall–Kier alpha value is -2.62. The van der Waals surface area contributed by atoms with Gasteiger partial charge in [-0.15, -0.1) is 0 Å². The number of carbonyl (C=O) groups is 5. The lowest BCUT2D eigenvalue weighted by atomic mass is 9.97. The maximum Gasteiger partial charge on any atom is 0.334 e. The SMILES string of the molecule is CCOC(=O)C=C1SCC(=O)N1CCN1C(=O)C(=O)N(CCC2=CCCCC2)C1=O. The van der Waals surface area contributed by atoms with E-state index in [1.807, 2.05) is 0 Å². The molecule has 10 heteroatoms. The molecule has 2 saturated heterocycles. The number of imide groups is 2. The van der Waals surface area contributed by atoms with Crippen LogP contribution in [-0.4, -0.2) is 76.4 Å². The minimum atomic E-state index is -0.882. The molecule has 2 fully saturated rings. The van der Waals surface area contributed by atoms with Crippen LogP contribution in [0, 0.1) is 0 Å². The van der Waals surface area contributed by atoms with E-state index >= 15 is 0 Å². The van der Waals surface area contributed by atoms with Crippen molar-refractivity contribution < 1.29 is 28.7 Å². The maximum absolute atomic E-state index is 12.6. The van der Waals surface area contributed by atoms with Crippen LogP contribution in [0.15, 0.2) is 22.8 Å². The number of nitrogens with zero attached hydrogens (tertiary/aromatic N) is 3. The van der Waals surface area contributed by atoms with E-state index in [4.69, 9.17) is 4.74 Å². The van der Waals surface area contributed by atoms with Gasteiger partial charge < -0.3 is 9.64 Å². The van der Waals surface area contributed by atoms with Gasteiger partial charge in [0.2, 0.25) is 5.91 Å². The van der Waals surface area contributed by atoms with Crippen LogP contribution in [0.2, 0.25) is 0 Å². The lowest BCUT2D eigenvalue weighted by Crippen LogP contribution is -2.40. The Balaban J connectivity index is 1.60. The molecule has 3 aliphatic rings. The number of thioether (sulfide) groups is 1. The lowest BCUT2D eigenvalue weighted by molar-refractivity contribution is -0.143. The second kappa shape index (κ2) is 9.92. The molecule has 2 heterocycles. The van der Waals surface area contributed by atoms with Crippen molar-refractivity contribution in [3.63, 3.8) is 0 Å². The van der Waals surface area contributed by atoms with Gasteiger partial charge in [0, 0.05) is 19.6 Å². The van der Waals surface area contributed by atoms with E-state index in [0.717, 1.165) is 35.5 Å². The van der Waals surface area contributed by atoms with E-state index in [2.05, 4.69) is 6.08 Å². The number of hydrogen-bond donors (Lipinski definition) is 0. The predicted molar refractivity (Wildman–Crippen MR) is 109 cm³/mol. The van der Waals surface area contributed by atoms with E-state index in [0.29, 0.717) is 11.4 Å². The highest BCUT2D eigenvalue weighted by molar-refractivity contribution is 8.04. The summed E-state index contributed by atoms with van der Waals surface area (Å²) >= 11 is 1.19. The van der Waals surface area contributed by atoms with Crippen LogP contribution in [0.4, 0.5) is 4.79 Å². The van der Waals surface area contributed by atoms with Crippen molar-refractivity contribution in [1.29, 1.82) is 0 Å². The third-order valence-electron chi connectivity index (χ3n) is 5.16. The first-order valence-corrected chi connectivity index (χ1v) is 11.1. The minimum Gasteiger partial charge on any atom is -0.463 e. The summed E-state index contributed by atoms with van der Waals surface area (Å²) in [7, 11) is 0. The molecule has 2 aliphatic heterocycles. The molecule has 30 heavy (non-hydrogen) atoms. The van der Waals surface area contributed by atoms with Crippen molar-refractivity contribution in [2.45, 2.75) is 39.0 Å². The zero-order valence-electron chi connectivity index (χ0n) is 16.9. The maximum atomic E-state index is 12.6. The summed E-state index contributed by atoms with van der Waals surface area (Å²) in [6, 6.07) is -0.656. The van der Waals surface area contributed by atoms with Crippen LogP contribution in [0.1, 0.15) is 39.0 Å². The second-order valence-corrected chi connectivity index (χ2v) is 8.12. The van der Waals surface area contributed by atoms with Crippen molar-refractivity contribution in [3.05, 3.63) is 22.8 Å². The summed E-state index contributed by atoms with van der Waals surface area (Å²) in [5.41, 5.74) is 1.21. The molecule has 0 aromatic carbocycles. The second-order valence-electron chi connectivity index (χ2n) is 7.12. The van der Waals surface area contributed by atoms with Gasteiger partial charge in [0.1, 0.15) is 0 Å². The first-order chi connectivity index (χ1) is 14.4. The van der Waals surface area contributed by atoms with Crippen molar-refractivity contribution in [1.82, 2.24) is 14.7 Å². The molecule has 162 valence electrons. The highest BCUT2D eigenvalue weighted by Gasteiger charge is 2.44. The molecule has 0 spiro atoms. The standard InChI is InChI=1S/C20H25N3O6S/c1-2-29-17(25)12-16-21(15(24)13-30-16)10-11-23-19(27)18(26)22(20(23)28)9-8-14-6-4-3-5-7-14/h6,12H,2-5,7-11,13H2,1H3. The first kappa shape index (κ1) is 22.1. The fourth-order valence-electron chi connectivity index (χ4n) is 3.59. The number of carbonyl (C=O) groups excluding carboxylic acids is 5. The Kier molecular flexibility index (Phi) is 7.30. The smallest absolute Gasteiger partial charge is 0.334 e. The van der Waals surface area contributed by atoms with Crippen LogP contribution in [0.5, 0.6) is 0 Å². The van der Waals surface area contributed by atoms with Gasteiger partial charge >= 0.3 is 23.8 Å². The summed E-state index contributed by atoms with van der Waals surface area (Å²) in [5.74, 6) is -2.35. The average molecular weight is 436 g/mol. The topological polar surface area (TPSA) is 104 Å². The summed E-state index contributed by atoms with van der Waals surface area (Å²) < 4.78 is 4.86. The van der Waals surface area contributed by atoms with Gasteiger partial charge in [0.15, 0.2) is 0 Å². The highest BCUT2D eigenvalue weighted by atomic mass is 32.2. The molecule has 0 aromatic heterocycles. The van der Waals surface area contributed by atoms with E-state index in [1.54, 1.807) is 6.92 Å². The van der Waals surface area contributed by atoms with Gasteiger partial charge in [-0.3, -0.25) is 24.2 Å². The summed E-state index contributed by atoms with van der Waals surface area (Å²) in [4.78, 5) is 64.2. The lowest BCUT2D eigenvalue weighted by Gasteiger charge is -2.21. The normalized spacial score (nSPS) is 21.2. The number of allylic oxidation sites excluding steroid dienone is 1. The number of urea groups is 1. The molecule has 0 radical (unpaired) electrons. The van der Waals surface area contributed by atoms with Gasteiger partial charge in [0.05, 0.1) is 23.5 Å².